The summed E-state index contributed by atoms with van der Waals surface area (Å²) in [5.41, 5.74) is 3.14. The number of piperazine rings is 1. The van der Waals surface area contributed by atoms with Crippen LogP contribution in [-0.4, -0.2) is 47.1 Å². The van der Waals surface area contributed by atoms with Crippen LogP contribution in [0.15, 0.2) is 47.0 Å². The molecule has 0 spiro atoms. The number of amides is 1. The Morgan fingerprint density at radius 1 is 1.06 bits per heavy atom. The predicted octanol–water partition coefficient (Wildman–Crippen LogP) is 4.65. The molecule has 2 heterocycles. The summed E-state index contributed by atoms with van der Waals surface area (Å²) >= 11 is 0. The zero-order valence-corrected chi connectivity index (χ0v) is 18.5. The minimum absolute atomic E-state index is 0.00515. The SMILES string of the molecule is Cc1cccc(N2CCN(C(=O)CCc3nc(-c4cccc(C(F)(F)F)c4)no3)CC2)c1C. The lowest BCUT2D eigenvalue weighted by Gasteiger charge is -2.37. The van der Waals surface area contributed by atoms with Gasteiger partial charge in [0.1, 0.15) is 0 Å². The standard InChI is InChI=1S/C24H25F3N4O2/c1-16-5-3-8-20(17(16)2)30-11-13-31(14-12-30)22(32)10-9-21-28-23(29-33-21)18-6-4-7-19(15-18)24(25,26)27/h3-8,15H,9-14H2,1-2H3. The molecule has 0 N–H and O–H groups in total. The lowest BCUT2D eigenvalue weighted by Crippen LogP contribution is -2.49. The second kappa shape index (κ2) is 9.25. The van der Waals surface area contributed by atoms with Crippen LogP contribution < -0.4 is 4.90 Å². The third-order valence-electron chi connectivity index (χ3n) is 6.02. The topological polar surface area (TPSA) is 62.5 Å². The van der Waals surface area contributed by atoms with Crippen LogP contribution in [0.25, 0.3) is 11.4 Å². The zero-order chi connectivity index (χ0) is 23.6. The van der Waals surface area contributed by atoms with Crippen LogP contribution in [0.5, 0.6) is 0 Å². The Balaban J connectivity index is 1.31. The van der Waals surface area contributed by atoms with Crippen molar-refractivity contribution in [2.24, 2.45) is 0 Å². The molecular weight excluding hydrogens is 433 g/mol. The molecule has 1 saturated heterocycles. The van der Waals surface area contributed by atoms with Gasteiger partial charge in [-0.05, 0) is 43.2 Å². The van der Waals surface area contributed by atoms with Crippen molar-refractivity contribution in [3.63, 3.8) is 0 Å². The molecule has 1 aromatic heterocycles. The van der Waals surface area contributed by atoms with E-state index in [1.807, 2.05) is 11.0 Å². The largest absolute Gasteiger partial charge is 0.416 e. The first-order valence-electron chi connectivity index (χ1n) is 10.8. The van der Waals surface area contributed by atoms with Crippen LogP contribution >= 0.6 is 0 Å². The molecule has 33 heavy (non-hydrogen) atoms. The van der Waals surface area contributed by atoms with E-state index in [1.165, 1.54) is 28.9 Å². The van der Waals surface area contributed by atoms with Gasteiger partial charge >= 0.3 is 6.18 Å². The van der Waals surface area contributed by atoms with Gasteiger partial charge in [-0.15, -0.1) is 0 Å². The Labute approximate surface area is 190 Å². The molecule has 4 rings (SSSR count). The van der Waals surface area contributed by atoms with E-state index in [-0.39, 0.29) is 36.0 Å². The van der Waals surface area contributed by atoms with E-state index in [0.717, 1.165) is 25.2 Å². The number of benzene rings is 2. The molecule has 0 saturated carbocycles. The number of anilines is 1. The highest BCUT2D eigenvalue weighted by molar-refractivity contribution is 5.76. The van der Waals surface area contributed by atoms with Gasteiger partial charge in [-0.3, -0.25) is 4.79 Å². The van der Waals surface area contributed by atoms with Gasteiger partial charge in [0.15, 0.2) is 0 Å². The Hall–Kier alpha value is -3.36. The summed E-state index contributed by atoms with van der Waals surface area (Å²) < 4.78 is 43.9. The average Bonchev–Trinajstić information content (AvgIpc) is 3.28. The Morgan fingerprint density at radius 2 is 1.79 bits per heavy atom. The molecule has 1 aliphatic rings. The van der Waals surface area contributed by atoms with Gasteiger partial charge in [0.2, 0.25) is 17.6 Å². The number of alkyl halides is 3. The second-order valence-electron chi connectivity index (χ2n) is 8.18. The number of rotatable bonds is 5. The van der Waals surface area contributed by atoms with Crippen molar-refractivity contribution in [3.8, 4) is 11.4 Å². The monoisotopic (exact) mass is 458 g/mol. The highest BCUT2D eigenvalue weighted by atomic mass is 19.4. The van der Waals surface area contributed by atoms with Gasteiger partial charge in [0.05, 0.1) is 5.56 Å². The van der Waals surface area contributed by atoms with Crippen LogP contribution in [0.4, 0.5) is 18.9 Å². The number of carbonyl (C=O) groups is 1. The number of nitrogens with zero attached hydrogens (tertiary/aromatic N) is 4. The lowest BCUT2D eigenvalue weighted by molar-refractivity contribution is -0.137. The Morgan fingerprint density at radius 3 is 2.52 bits per heavy atom. The molecule has 0 radical (unpaired) electrons. The first-order valence-corrected chi connectivity index (χ1v) is 10.8. The van der Waals surface area contributed by atoms with Crippen LogP contribution in [0.3, 0.4) is 0 Å². The van der Waals surface area contributed by atoms with Crippen LogP contribution in [0.1, 0.15) is 29.0 Å². The van der Waals surface area contributed by atoms with Crippen LogP contribution in [-0.2, 0) is 17.4 Å². The molecule has 1 aliphatic heterocycles. The van der Waals surface area contributed by atoms with Crippen molar-refractivity contribution in [2.75, 3.05) is 31.1 Å². The quantitative estimate of drug-likeness (QED) is 0.557. The molecule has 0 atom stereocenters. The first-order chi connectivity index (χ1) is 15.7. The Kier molecular flexibility index (Phi) is 6.40. The summed E-state index contributed by atoms with van der Waals surface area (Å²) in [4.78, 5) is 20.9. The fourth-order valence-electron chi connectivity index (χ4n) is 3.96. The summed E-state index contributed by atoms with van der Waals surface area (Å²) in [6.07, 6.45) is -4.01. The third kappa shape index (κ3) is 5.18. The van der Waals surface area contributed by atoms with E-state index in [1.54, 1.807) is 0 Å². The van der Waals surface area contributed by atoms with Crippen molar-refractivity contribution in [2.45, 2.75) is 32.9 Å². The maximum atomic E-state index is 12.9. The third-order valence-corrected chi connectivity index (χ3v) is 6.02. The molecule has 1 amide bonds. The maximum Gasteiger partial charge on any atom is 0.416 e. The lowest BCUT2D eigenvalue weighted by atomic mass is 10.1. The van der Waals surface area contributed by atoms with E-state index in [0.29, 0.717) is 13.1 Å². The molecule has 6 nitrogen and oxygen atoms in total. The molecule has 9 heteroatoms. The van der Waals surface area contributed by atoms with Gasteiger partial charge in [-0.1, -0.05) is 29.4 Å². The fourth-order valence-corrected chi connectivity index (χ4v) is 3.96. The molecule has 0 bridgehead atoms. The summed E-state index contributed by atoms with van der Waals surface area (Å²) in [5, 5.41) is 3.77. The van der Waals surface area contributed by atoms with Crippen molar-refractivity contribution in [3.05, 3.63) is 65.0 Å². The van der Waals surface area contributed by atoms with E-state index < -0.39 is 11.7 Å². The molecule has 2 aromatic carbocycles. The fraction of sp³-hybridized carbons (Fsp3) is 0.375. The van der Waals surface area contributed by atoms with E-state index in [9.17, 15) is 18.0 Å². The number of carbonyl (C=O) groups excluding carboxylic acids is 1. The number of hydrogen-bond donors (Lipinski definition) is 0. The predicted molar refractivity (Wildman–Crippen MR) is 118 cm³/mol. The van der Waals surface area contributed by atoms with Gasteiger partial charge < -0.3 is 14.3 Å². The molecule has 3 aromatic rings. The molecule has 0 unspecified atom stereocenters. The minimum atomic E-state index is -4.45. The molecule has 174 valence electrons. The van der Waals surface area contributed by atoms with Crippen LogP contribution in [0, 0.1) is 13.8 Å². The number of halogens is 3. The normalized spacial score (nSPS) is 14.6. The molecular formula is C24H25F3N4O2. The van der Waals surface area contributed by atoms with Crippen molar-refractivity contribution >= 4 is 11.6 Å². The van der Waals surface area contributed by atoms with Gasteiger partial charge in [-0.2, -0.15) is 18.2 Å². The van der Waals surface area contributed by atoms with Crippen LogP contribution in [0.2, 0.25) is 0 Å². The molecule has 0 aliphatic carbocycles. The maximum absolute atomic E-state index is 12.9. The second-order valence-corrected chi connectivity index (χ2v) is 8.18. The number of hydrogen-bond acceptors (Lipinski definition) is 5. The zero-order valence-electron chi connectivity index (χ0n) is 18.5. The summed E-state index contributed by atoms with van der Waals surface area (Å²) in [6.45, 7) is 6.98. The summed E-state index contributed by atoms with van der Waals surface area (Å²) in [7, 11) is 0. The first kappa shape index (κ1) is 22.8. The average molecular weight is 458 g/mol. The van der Waals surface area contributed by atoms with Crippen molar-refractivity contribution in [1.29, 1.82) is 0 Å². The summed E-state index contributed by atoms with van der Waals surface area (Å²) in [5.74, 6) is 0.296. The van der Waals surface area contributed by atoms with Gasteiger partial charge in [-0.25, -0.2) is 0 Å². The van der Waals surface area contributed by atoms with E-state index in [2.05, 4.69) is 41.0 Å². The number of aryl methyl sites for hydroxylation is 2. The van der Waals surface area contributed by atoms with E-state index >= 15 is 0 Å². The Bertz CT molecular complexity index is 1130. The highest BCUT2D eigenvalue weighted by Gasteiger charge is 2.31. The van der Waals surface area contributed by atoms with E-state index in [4.69, 9.17) is 4.52 Å². The van der Waals surface area contributed by atoms with Gasteiger partial charge in [0.25, 0.3) is 0 Å². The van der Waals surface area contributed by atoms with Crippen molar-refractivity contribution < 1.29 is 22.5 Å². The summed E-state index contributed by atoms with van der Waals surface area (Å²) in [6, 6.07) is 11.0. The number of aromatic nitrogens is 2. The molecule has 1 fully saturated rings. The minimum Gasteiger partial charge on any atom is -0.368 e. The van der Waals surface area contributed by atoms with Gasteiger partial charge in [0, 0.05) is 50.3 Å². The van der Waals surface area contributed by atoms with Crippen molar-refractivity contribution in [1.82, 2.24) is 15.0 Å². The smallest absolute Gasteiger partial charge is 0.368 e. The highest BCUT2D eigenvalue weighted by Crippen LogP contribution is 2.31.